The van der Waals surface area contributed by atoms with Gasteiger partial charge in [-0.1, -0.05) is 37.6 Å². The van der Waals surface area contributed by atoms with Crippen LogP contribution < -0.4 is 0 Å². The molecule has 0 radical (unpaired) electrons. The molecular weight excluding hydrogens is 252 g/mol. The van der Waals surface area contributed by atoms with Crippen LogP contribution in [-0.4, -0.2) is 16.0 Å². The number of phenolic OH excluding ortho intramolecular Hbond substituents is 2. The molecule has 0 unspecified atom stereocenters. The van der Waals surface area contributed by atoms with Crippen molar-refractivity contribution in [2.24, 2.45) is 0 Å². The number of rotatable bonds is 2. The molecule has 0 aliphatic heterocycles. The van der Waals surface area contributed by atoms with Crippen molar-refractivity contribution in [2.75, 3.05) is 0 Å². The van der Waals surface area contributed by atoms with E-state index in [1.807, 2.05) is 39.8 Å². The van der Waals surface area contributed by atoms with Gasteiger partial charge in [0.15, 0.2) is 5.78 Å². The summed E-state index contributed by atoms with van der Waals surface area (Å²) < 4.78 is 0. The second-order valence-corrected chi connectivity index (χ2v) is 4.35. The van der Waals surface area contributed by atoms with Crippen LogP contribution >= 0.6 is 0 Å². The van der Waals surface area contributed by atoms with Crippen molar-refractivity contribution in [1.82, 2.24) is 0 Å². The minimum absolute atomic E-state index is 0.0651. The normalized spacial score (nSPS) is 9.60. The largest absolute Gasteiger partial charge is 0.508 e. The van der Waals surface area contributed by atoms with E-state index in [1.165, 1.54) is 12.1 Å². The summed E-state index contributed by atoms with van der Waals surface area (Å²) in [6.45, 7) is 7.82. The van der Waals surface area contributed by atoms with Gasteiger partial charge in [0.05, 0.1) is 5.56 Å². The van der Waals surface area contributed by atoms with Gasteiger partial charge in [-0.2, -0.15) is 0 Å². The standard InChI is InChI=1S/C15H14O3.C2H6/c1-9-3-5-12(10(2)7-9)15(18)13-6-4-11(16)8-14(13)17;1-2/h3-8,16-17H,1-2H3;1-2H3. The Morgan fingerprint density at radius 3 is 2.05 bits per heavy atom. The molecule has 0 fully saturated rings. The highest BCUT2D eigenvalue weighted by molar-refractivity contribution is 6.11. The molecule has 0 saturated carbocycles. The second kappa shape index (κ2) is 6.75. The van der Waals surface area contributed by atoms with E-state index in [2.05, 4.69) is 0 Å². The van der Waals surface area contributed by atoms with Crippen LogP contribution in [-0.2, 0) is 0 Å². The summed E-state index contributed by atoms with van der Waals surface area (Å²) in [6.07, 6.45) is 0. The van der Waals surface area contributed by atoms with Crippen molar-refractivity contribution < 1.29 is 15.0 Å². The first-order valence-corrected chi connectivity index (χ1v) is 6.63. The molecule has 0 aromatic heterocycles. The van der Waals surface area contributed by atoms with Crippen LogP contribution in [0.25, 0.3) is 0 Å². The van der Waals surface area contributed by atoms with Crippen LogP contribution in [0.3, 0.4) is 0 Å². The third kappa shape index (κ3) is 3.38. The Hall–Kier alpha value is -2.29. The van der Waals surface area contributed by atoms with Crippen LogP contribution in [0, 0.1) is 13.8 Å². The summed E-state index contributed by atoms with van der Waals surface area (Å²) >= 11 is 0. The molecule has 0 amide bonds. The van der Waals surface area contributed by atoms with Crippen LogP contribution in [0.4, 0.5) is 0 Å². The molecule has 0 saturated heterocycles. The molecule has 0 aliphatic carbocycles. The van der Waals surface area contributed by atoms with Crippen molar-refractivity contribution in [1.29, 1.82) is 0 Å². The van der Waals surface area contributed by atoms with Gasteiger partial charge in [0.25, 0.3) is 0 Å². The first kappa shape index (κ1) is 15.8. The molecule has 3 nitrogen and oxygen atoms in total. The predicted molar refractivity (Wildman–Crippen MR) is 80.5 cm³/mol. The lowest BCUT2D eigenvalue weighted by molar-refractivity contribution is 0.103. The minimum atomic E-state index is -0.245. The summed E-state index contributed by atoms with van der Waals surface area (Å²) in [7, 11) is 0. The number of aryl methyl sites for hydroxylation is 2. The number of hydrogen-bond donors (Lipinski definition) is 2. The van der Waals surface area contributed by atoms with Crippen molar-refractivity contribution in [2.45, 2.75) is 27.7 Å². The summed E-state index contributed by atoms with van der Waals surface area (Å²) in [5, 5.41) is 18.9. The lowest BCUT2D eigenvalue weighted by Crippen LogP contribution is -2.04. The third-order valence-corrected chi connectivity index (χ3v) is 2.85. The Morgan fingerprint density at radius 1 is 0.900 bits per heavy atom. The van der Waals surface area contributed by atoms with Gasteiger partial charge in [-0.05, 0) is 31.5 Å². The zero-order chi connectivity index (χ0) is 15.3. The fourth-order valence-corrected chi connectivity index (χ4v) is 1.93. The summed E-state index contributed by atoms with van der Waals surface area (Å²) in [5.41, 5.74) is 2.70. The maximum Gasteiger partial charge on any atom is 0.197 e. The number of benzene rings is 2. The van der Waals surface area contributed by atoms with Crippen molar-refractivity contribution in [3.63, 3.8) is 0 Å². The number of ketones is 1. The van der Waals surface area contributed by atoms with Crippen molar-refractivity contribution >= 4 is 5.78 Å². The molecule has 0 spiro atoms. The highest BCUT2D eigenvalue weighted by Gasteiger charge is 2.15. The Morgan fingerprint density at radius 2 is 1.50 bits per heavy atom. The van der Waals surface area contributed by atoms with Gasteiger partial charge in [-0.25, -0.2) is 0 Å². The molecule has 0 heterocycles. The zero-order valence-electron chi connectivity index (χ0n) is 12.3. The molecule has 20 heavy (non-hydrogen) atoms. The highest BCUT2D eigenvalue weighted by atomic mass is 16.3. The molecule has 106 valence electrons. The summed E-state index contributed by atoms with van der Waals surface area (Å²) in [6, 6.07) is 9.50. The molecule has 2 rings (SSSR count). The fraction of sp³-hybridized carbons (Fsp3) is 0.235. The number of phenols is 2. The van der Waals surface area contributed by atoms with Gasteiger partial charge < -0.3 is 10.2 Å². The topological polar surface area (TPSA) is 57.5 Å². The average Bonchev–Trinajstić information content (AvgIpc) is 2.40. The molecule has 2 N–H and O–H groups in total. The average molecular weight is 272 g/mol. The fourth-order valence-electron chi connectivity index (χ4n) is 1.93. The van der Waals surface area contributed by atoms with E-state index < -0.39 is 0 Å². The van der Waals surface area contributed by atoms with Crippen LogP contribution in [0.2, 0.25) is 0 Å². The molecule has 2 aromatic carbocycles. The predicted octanol–water partition coefficient (Wildman–Crippen LogP) is 3.97. The van der Waals surface area contributed by atoms with E-state index >= 15 is 0 Å². The van der Waals surface area contributed by atoms with Gasteiger partial charge >= 0.3 is 0 Å². The second-order valence-electron chi connectivity index (χ2n) is 4.35. The molecule has 3 heteroatoms. The number of carbonyl (C=O) groups is 1. The monoisotopic (exact) mass is 272 g/mol. The van der Waals surface area contributed by atoms with Crippen LogP contribution in [0.15, 0.2) is 36.4 Å². The lowest BCUT2D eigenvalue weighted by atomic mass is 9.97. The Balaban J connectivity index is 0.000000956. The molecule has 0 aliphatic rings. The first-order valence-electron chi connectivity index (χ1n) is 6.63. The van der Waals surface area contributed by atoms with Crippen molar-refractivity contribution in [3.8, 4) is 11.5 Å². The van der Waals surface area contributed by atoms with Crippen molar-refractivity contribution in [3.05, 3.63) is 58.7 Å². The SMILES string of the molecule is CC.Cc1ccc(C(=O)c2ccc(O)cc2O)c(C)c1. The van der Waals surface area contributed by atoms with Crippen LogP contribution in [0.5, 0.6) is 11.5 Å². The van der Waals surface area contributed by atoms with E-state index in [1.54, 1.807) is 6.07 Å². The quantitative estimate of drug-likeness (QED) is 0.813. The Bertz CT molecular complexity index is 562. The lowest BCUT2D eigenvalue weighted by Gasteiger charge is -2.08. The van der Waals surface area contributed by atoms with E-state index in [9.17, 15) is 15.0 Å². The highest BCUT2D eigenvalue weighted by Crippen LogP contribution is 2.26. The van der Waals surface area contributed by atoms with E-state index in [-0.39, 0.29) is 22.8 Å². The smallest absolute Gasteiger partial charge is 0.197 e. The van der Waals surface area contributed by atoms with Gasteiger partial charge in [-0.15, -0.1) is 0 Å². The summed E-state index contributed by atoms with van der Waals surface area (Å²) in [4.78, 5) is 12.3. The molecule has 0 atom stereocenters. The maximum atomic E-state index is 12.3. The Kier molecular flexibility index (Phi) is 5.32. The van der Waals surface area contributed by atoms with Gasteiger partial charge in [0.2, 0.25) is 0 Å². The van der Waals surface area contributed by atoms with Gasteiger partial charge in [-0.3, -0.25) is 4.79 Å². The zero-order valence-corrected chi connectivity index (χ0v) is 12.3. The van der Waals surface area contributed by atoms with Crippen LogP contribution in [0.1, 0.15) is 40.9 Å². The molecule has 2 aromatic rings. The first-order chi connectivity index (χ1) is 9.49. The number of aromatic hydroxyl groups is 2. The number of hydrogen-bond acceptors (Lipinski definition) is 3. The van der Waals surface area contributed by atoms with E-state index in [0.29, 0.717) is 5.56 Å². The van der Waals surface area contributed by atoms with E-state index in [0.717, 1.165) is 17.2 Å². The molecular formula is C17H20O3. The third-order valence-electron chi connectivity index (χ3n) is 2.85. The Labute approximate surface area is 119 Å². The maximum absolute atomic E-state index is 12.3. The van der Waals surface area contributed by atoms with Gasteiger partial charge in [0, 0.05) is 11.6 Å². The summed E-state index contributed by atoms with van der Waals surface area (Å²) in [5.74, 6) is -0.519. The van der Waals surface area contributed by atoms with Gasteiger partial charge in [0.1, 0.15) is 11.5 Å². The molecule has 0 bridgehead atoms. The number of carbonyl (C=O) groups excluding carboxylic acids is 1. The van der Waals surface area contributed by atoms with E-state index in [4.69, 9.17) is 0 Å². The minimum Gasteiger partial charge on any atom is -0.508 e.